The fraction of sp³-hybridized carbons (Fsp3) is 0.565. The molecule has 9 heteroatoms. The Labute approximate surface area is 194 Å². The van der Waals surface area contributed by atoms with E-state index in [1.54, 1.807) is 7.11 Å². The molecule has 1 aliphatic rings. The van der Waals surface area contributed by atoms with Crippen LogP contribution in [0.25, 0.3) is 0 Å². The van der Waals surface area contributed by atoms with Gasteiger partial charge in [-0.25, -0.2) is 4.79 Å². The maximum atomic E-state index is 11.8. The Morgan fingerprint density at radius 2 is 1.97 bits per heavy atom. The second-order valence-electron chi connectivity index (χ2n) is 9.05. The number of hydrogen-bond acceptors (Lipinski definition) is 6. The maximum absolute atomic E-state index is 11.8. The maximum Gasteiger partial charge on any atom is 0.407 e. The molecule has 1 atom stereocenters. The molecule has 0 spiro atoms. The number of fused-ring (bicyclic) bond motifs is 1. The van der Waals surface area contributed by atoms with Gasteiger partial charge >= 0.3 is 6.09 Å². The predicted octanol–water partition coefficient (Wildman–Crippen LogP) is 3.99. The number of nitrogens with one attached hydrogen (secondary N) is 1. The summed E-state index contributed by atoms with van der Waals surface area (Å²) in [5, 5.41) is 8.04. The number of aromatic nitrogens is 2. The number of hydrogen-bond donors (Lipinski definition) is 1. The summed E-state index contributed by atoms with van der Waals surface area (Å²) >= 11 is 6.63. The van der Waals surface area contributed by atoms with Crippen LogP contribution in [0.5, 0.6) is 5.75 Å². The van der Waals surface area contributed by atoms with E-state index in [1.165, 1.54) is 5.56 Å². The molecule has 0 aliphatic carbocycles. The molecule has 2 heterocycles. The van der Waals surface area contributed by atoms with Crippen molar-refractivity contribution in [3.05, 3.63) is 46.2 Å². The number of benzene rings is 1. The molecule has 176 valence electrons. The minimum atomic E-state index is -0.533. The summed E-state index contributed by atoms with van der Waals surface area (Å²) < 4.78 is 18.2. The average Bonchev–Trinajstić information content (AvgIpc) is 3.02. The molecule has 1 aliphatic heterocycles. The van der Waals surface area contributed by atoms with Crippen molar-refractivity contribution in [2.75, 3.05) is 20.3 Å². The van der Waals surface area contributed by atoms with Crippen molar-refractivity contribution in [2.24, 2.45) is 0 Å². The monoisotopic (exact) mass is 464 g/mol. The van der Waals surface area contributed by atoms with Crippen LogP contribution < -0.4 is 10.1 Å². The van der Waals surface area contributed by atoms with Crippen LogP contribution in [0.2, 0.25) is 5.02 Å². The lowest BCUT2D eigenvalue weighted by atomic mass is 10.2. The Bertz CT molecular complexity index is 908. The van der Waals surface area contributed by atoms with Crippen LogP contribution in [0.3, 0.4) is 0 Å². The van der Waals surface area contributed by atoms with Crippen LogP contribution in [0, 0.1) is 0 Å². The minimum absolute atomic E-state index is 0.194. The molecule has 1 aromatic heterocycles. The molecule has 0 bridgehead atoms. The van der Waals surface area contributed by atoms with Crippen LogP contribution in [0.15, 0.2) is 24.3 Å². The third-order valence-corrected chi connectivity index (χ3v) is 5.43. The molecular formula is C23H33ClN4O4. The lowest BCUT2D eigenvalue weighted by Crippen LogP contribution is -2.39. The van der Waals surface area contributed by atoms with Gasteiger partial charge in [0.1, 0.15) is 17.0 Å². The molecule has 0 radical (unpaired) electrons. The molecule has 2 aromatic rings. The normalized spacial score (nSPS) is 15.2. The first-order valence-electron chi connectivity index (χ1n) is 10.8. The van der Waals surface area contributed by atoms with Crippen LogP contribution in [-0.2, 0) is 35.7 Å². The lowest BCUT2D eigenvalue weighted by molar-refractivity contribution is 0.0440. The quantitative estimate of drug-likeness (QED) is 0.636. The van der Waals surface area contributed by atoms with Gasteiger partial charge in [-0.05, 0) is 45.4 Å². The number of nitrogens with zero attached hydrogens (tertiary/aromatic N) is 3. The molecule has 1 aromatic carbocycles. The van der Waals surface area contributed by atoms with E-state index in [-0.39, 0.29) is 12.6 Å². The highest BCUT2D eigenvalue weighted by molar-refractivity contribution is 6.31. The number of carbonyl (C=O) groups is 1. The number of ether oxygens (including phenoxy) is 3. The van der Waals surface area contributed by atoms with Gasteiger partial charge in [0.2, 0.25) is 0 Å². The summed E-state index contributed by atoms with van der Waals surface area (Å²) in [5.74, 6) is 0.855. The second kappa shape index (κ2) is 10.6. The number of alkyl carbamates (subject to hydrolysis) is 1. The summed E-state index contributed by atoms with van der Waals surface area (Å²) in [6.07, 6.45) is -0.457. The first kappa shape index (κ1) is 24.4. The van der Waals surface area contributed by atoms with E-state index in [2.05, 4.69) is 27.4 Å². The number of methoxy groups -OCH3 is 1. The molecule has 0 saturated heterocycles. The highest BCUT2D eigenvalue weighted by Crippen LogP contribution is 2.27. The van der Waals surface area contributed by atoms with E-state index in [4.69, 9.17) is 25.8 Å². The summed E-state index contributed by atoms with van der Waals surface area (Å²) in [4.78, 5) is 14.2. The highest BCUT2D eigenvalue weighted by atomic mass is 35.5. The molecule has 0 unspecified atom stereocenters. The van der Waals surface area contributed by atoms with Crippen LogP contribution in [0.4, 0.5) is 4.79 Å². The van der Waals surface area contributed by atoms with Gasteiger partial charge in [-0.15, -0.1) is 0 Å². The van der Waals surface area contributed by atoms with Crippen molar-refractivity contribution in [3.63, 3.8) is 0 Å². The van der Waals surface area contributed by atoms with Gasteiger partial charge < -0.3 is 19.5 Å². The zero-order valence-electron chi connectivity index (χ0n) is 19.5. The average molecular weight is 465 g/mol. The van der Waals surface area contributed by atoms with Gasteiger partial charge in [0.15, 0.2) is 0 Å². The van der Waals surface area contributed by atoms with Gasteiger partial charge in [0, 0.05) is 19.6 Å². The lowest BCUT2D eigenvalue weighted by Gasteiger charge is -2.27. The largest absolute Gasteiger partial charge is 0.497 e. The Morgan fingerprint density at radius 3 is 2.62 bits per heavy atom. The predicted molar refractivity (Wildman–Crippen MR) is 123 cm³/mol. The van der Waals surface area contributed by atoms with Gasteiger partial charge in [-0.3, -0.25) is 9.58 Å². The first-order chi connectivity index (χ1) is 15.1. The number of halogens is 1. The zero-order chi connectivity index (χ0) is 23.3. The van der Waals surface area contributed by atoms with Crippen molar-refractivity contribution >= 4 is 17.7 Å². The molecule has 32 heavy (non-hydrogen) atoms. The molecule has 1 N–H and O–H groups in total. The smallest absolute Gasteiger partial charge is 0.407 e. The van der Waals surface area contributed by atoms with E-state index in [0.717, 1.165) is 43.3 Å². The van der Waals surface area contributed by atoms with Gasteiger partial charge in [-0.2, -0.15) is 5.10 Å². The number of carbonyl (C=O) groups excluding carboxylic acids is 1. The molecule has 0 fully saturated rings. The van der Waals surface area contributed by atoms with Crippen LogP contribution >= 0.6 is 11.6 Å². The van der Waals surface area contributed by atoms with Crippen LogP contribution in [-0.4, -0.2) is 52.7 Å². The molecular weight excluding hydrogens is 432 g/mol. The number of amides is 1. The summed E-state index contributed by atoms with van der Waals surface area (Å²) in [6.45, 7) is 11.2. The SMILES string of the molecule is COc1ccc(CN2CCn3nc(COC[C@H](C)NC(=O)OC(C)(C)C)c(Cl)c3C2)cc1. The fourth-order valence-corrected chi connectivity index (χ4v) is 3.74. The van der Waals surface area contributed by atoms with E-state index >= 15 is 0 Å². The third kappa shape index (κ3) is 6.85. The van der Waals surface area contributed by atoms with E-state index in [1.807, 2.05) is 44.5 Å². The Hall–Kier alpha value is -2.29. The first-order valence-corrected chi connectivity index (χ1v) is 11.2. The second-order valence-corrected chi connectivity index (χ2v) is 9.43. The van der Waals surface area contributed by atoms with Crippen molar-refractivity contribution in [1.29, 1.82) is 0 Å². The zero-order valence-corrected chi connectivity index (χ0v) is 20.2. The fourth-order valence-electron chi connectivity index (χ4n) is 3.49. The van der Waals surface area contributed by atoms with Crippen molar-refractivity contribution in [2.45, 2.75) is 65.6 Å². The molecule has 0 saturated carbocycles. The topological polar surface area (TPSA) is 77.9 Å². The van der Waals surface area contributed by atoms with Crippen molar-refractivity contribution in [3.8, 4) is 5.75 Å². The van der Waals surface area contributed by atoms with Crippen LogP contribution in [0.1, 0.15) is 44.6 Å². The summed E-state index contributed by atoms with van der Waals surface area (Å²) in [5.41, 5.74) is 2.42. The van der Waals surface area contributed by atoms with Gasteiger partial charge in [0.25, 0.3) is 0 Å². The van der Waals surface area contributed by atoms with Gasteiger partial charge in [0.05, 0.1) is 43.6 Å². The van der Waals surface area contributed by atoms with Crippen molar-refractivity contribution in [1.82, 2.24) is 20.0 Å². The summed E-state index contributed by atoms with van der Waals surface area (Å²) in [6, 6.07) is 7.92. The molecule has 8 nitrogen and oxygen atoms in total. The summed E-state index contributed by atoms with van der Waals surface area (Å²) in [7, 11) is 1.67. The highest BCUT2D eigenvalue weighted by Gasteiger charge is 2.24. The Kier molecular flexibility index (Phi) is 8.03. The molecule has 1 amide bonds. The van der Waals surface area contributed by atoms with E-state index in [9.17, 15) is 4.79 Å². The van der Waals surface area contributed by atoms with Gasteiger partial charge in [-0.1, -0.05) is 23.7 Å². The van der Waals surface area contributed by atoms with E-state index in [0.29, 0.717) is 11.6 Å². The Morgan fingerprint density at radius 1 is 1.25 bits per heavy atom. The number of rotatable bonds is 8. The van der Waals surface area contributed by atoms with E-state index < -0.39 is 11.7 Å². The Balaban J connectivity index is 1.49. The minimum Gasteiger partial charge on any atom is -0.497 e. The van der Waals surface area contributed by atoms with Crippen molar-refractivity contribution < 1.29 is 19.0 Å². The molecule has 3 rings (SSSR count). The standard InChI is InChI=1S/C23H33ClN4O4/c1-16(25-22(29)32-23(2,3)4)14-31-15-19-21(24)20-13-27(10-11-28(20)26-19)12-17-6-8-18(30-5)9-7-17/h6-9,16H,10-15H2,1-5H3,(H,25,29)/t16-/m0/s1. The third-order valence-electron chi connectivity index (χ3n) is 5.00.